The fourth-order valence-electron chi connectivity index (χ4n) is 3.30. The Balaban J connectivity index is 1.57. The van der Waals surface area contributed by atoms with Gasteiger partial charge < -0.3 is 4.90 Å². The molecule has 0 N–H and O–H groups in total. The van der Waals surface area contributed by atoms with Gasteiger partial charge in [0.15, 0.2) is 5.13 Å². The van der Waals surface area contributed by atoms with Gasteiger partial charge in [-0.15, -0.1) is 0 Å². The molecule has 7 heteroatoms. The van der Waals surface area contributed by atoms with Crippen molar-refractivity contribution in [3.8, 4) is 0 Å². The number of aryl methyl sites for hydroxylation is 2. The van der Waals surface area contributed by atoms with Gasteiger partial charge in [-0.3, -0.25) is 0 Å². The van der Waals surface area contributed by atoms with Gasteiger partial charge in [0.1, 0.15) is 0 Å². The summed E-state index contributed by atoms with van der Waals surface area (Å²) in [6.45, 7) is 7.03. The normalized spacial score (nSPS) is 20.5. The van der Waals surface area contributed by atoms with Crippen molar-refractivity contribution in [3.05, 3.63) is 23.3 Å². The first kappa shape index (κ1) is 16.3. The Labute approximate surface area is 147 Å². The molecule has 130 valence electrons. The zero-order valence-electron chi connectivity index (χ0n) is 14.2. The Morgan fingerprint density at radius 3 is 2.54 bits per heavy atom. The molecule has 2 fully saturated rings. The number of hydrogen-bond donors (Lipinski definition) is 0. The maximum atomic E-state index is 12.5. The van der Waals surface area contributed by atoms with E-state index in [2.05, 4.69) is 30.9 Å². The van der Waals surface area contributed by atoms with Gasteiger partial charge in [0.25, 0.3) is 0 Å². The minimum absolute atomic E-state index is 0.114. The van der Waals surface area contributed by atoms with Gasteiger partial charge in [-0.05, 0) is 44.2 Å². The first-order valence-electron chi connectivity index (χ1n) is 8.57. The fourth-order valence-corrected chi connectivity index (χ4v) is 6.34. The standard InChI is InChI=1S/C17H23N3O2S2/c1-12-4-5-13(2)16-15(12)18-17(23-16)19-8-3-9-20(11-10-19)24(21,22)14-6-7-14/h4-5,14H,3,6-11H2,1-2H3. The van der Waals surface area contributed by atoms with Crippen molar-refractivity contribution < 1.29 is 8.42 Å². The molecule has 0 radical (unpaired) electrons. The second-order valence-corrected chi connectivity index (χ2v) is 10.0. The summed E-state index contributed by atoms with van der Waals surface area (Å²) in [6, 6.07) is 4.26. The van der Waals surface area contributed by atoms with Crippen LogP contribution in [0.15, 0.2) is 12.1 Å². The topological polar surface area (TPSA) is 53.5 Å². The molecular weight excluding hydrogens is 342 g/mol. The van der Waals surface area contributed by atoms with Crippen molar-refractivity contribution in [2.45, 2.75) is 38.4 Å². The van der Waals surface area contributed by atoms with Gasteiger partial charge in [0.05, 0.1) is 15.5 Å². The van der Waals surface area contributed by atoms with Gasteiger partial charge in [0.2, 0.25) is 10.0 Å². The smallest absolute Gasteiger partial charge is 0.217 e. The van der Waals surface area contributed by atoms with Crippen LogP contribution in [0, 0.1) is 13.8 Å². The molecule has 1 aromatic carbocycles. The second-order valence-electron chi connectivity index (χ2n) is 6.86. The summed E-state index contributed by atoms with van der Waals surface area (Å²) in [7, 11) is -3.07. The lowest BCUT2D eigenvalue weighted by molar-refractivity contribution is 0.432. The van der Waals surface area contributed by atoms with Gasteiger partial charge >= 0.3 is 0 Å². The molecule has 1 aliphatic carbocycles. The quantitative estimate of drug-likeness (QED) is 0.839. The molecule has 24 heavy (non-hydrogen) atoms. The maximum Gasteiger partial charge on any atom is 0.217 e. The summed E-state index contributed by atoms with van der Waals surface area (Å²) in [5.41, 5.74) is 3.54. The van der Waals surface area contributed by atoms with Crippen molar-refractivity contribution in [1.29, 1.82) is 0 Å². The zero-order valence-corrected chi connectivity index (χ0v) is 15.8. The number of nitrogens with zero attached hydrogens (tertiary/aromatic N) is 3. The molecule has 2 heterocycles. The van der Waals surface area contributed by atoms with Crippen LogP contribution in [-0.2, 0) is 10.0 Å². The summed E-state index contributed by atoms with van der Waals surface area (Å²) >= 11 is 1.73. The van der Waals surface area contributed by atoms with Crippen LogP contribution in [0.5, 0.6) is 0 Å². The number of hydrogen-bond acceptors (Lipinski definition) is 5. The Hall–Kier alpha value is -1.18. The first-order valence-corrected chi connectivity index (χ1v) is 10.9. The molecule has 1 aromatic heterocycles. The van der Waals surface area contributed by atoms with Gasteiger partial charge in [-0.2, -0.15) is 4.31 Å². The predicted molar refractivity (Wildman–Crippen MR) is 99.4 cm³/mol. The zero-order chi connectivity index (χ0) is 16.9. The van der Waals surface area contributed by atoms with E-state index >= 15 is 0 Å². The van der Waals surface area contributed by atoms with Crippen molar-refractivity contribution >= 4 is 36.7 Å². The number of aromatic nitrogens is 1. The molecule has 0 amide bonds. The van der Waals surface area contributed by atoms with E-state index < -0.39 is 10.0 Å². The molecule has 2 aromatic rings. The van der Waals surface area contributed by atoms with Crippen molar-refractivity contribution in [3.63, 3.8) is 0 Å². The highest BCUT2D eigenvalue weighted by Crippen LogP contribution is 2.34. The number of sulfonamides is 1. The summed E-state index contributed by atoms with van der Waals surface area (Å²) in [5, 5.41) is 0.907. The van der Waals surface area contributed by atoms with Gasteiger partial charge in [-0.1, -0.05) is 23.5 Å². The highest BCUT2D eigenvalue weighted by Gasteiger charge is 2.40. The highest BCUT2D eigenvalue weighted by molar-refractivity contribution is 7.90. The monoisotopic (exact) mass is 365 g/mol. The molecule has 1 aliphatic heterocycles. The van der Waals surface area contributed by atoms with Crippen LogP contribution in [0.1, 0.15) is 30.4 Å². The molecule has 4 rings (SSSR count). The molecule has 1 saturated carbocycles. The molecule has 2 aliphatic rings. The predicted octanol–water partition coefficient (Wildman–Crippen LogP) is 2.92. The molecule has 0 spiro atoms. The third-order valence-corrected chi connectivity index (χ3v) is 8.61. The molecular formula is C17H23N3O2S2. The molecule has 5 nitrogen and oxygen atoms in total. The Bertz CT molecular complexity index is 832. The van der Waals surface area contributed by atoms with E-state index in [1.807, 2.05) is 0 Å². The van der Waals surface area contributed by atoms with Crippen LogP contribution >= 0.6 is 11.3 Å². The maximum absolute atomic E-state index is 12.5. The number of thiazole rings is 1. The number of anilines is 1. The van der Waals surface area contributed by atoms with Crippen molar-refractivity contribution in [2.24, 2.45) is 0 Å². The first-order chi connectivity index (χ1) is 11.5. The molecule has 0 bridgehead atoms. The van der Waals surface area contributed by atoms with Gasteiger partial charge in [0, 0.05) is 26.2 Å². The lowest BCUT2D eigenvalue weighted by atomic mass is 10.1. The number of fused-ring (bicyclic) bond motifs is 1. The summed E-state index contributed by atoms with van der Waals surface area (Å²) in [4.78, 5) is 7.11. The third-order valence-electron chi connectivity index (χ3n) is 4.96. The van der Waals surface area contributed by atoms with Crippen LogP contribution in [0.25, 0.3) is 10.2 Å². The van der Waals surface area contributed by atoms with E-state index in [1.54, 1.807) is 15.6 Å². The van der Waals surface area contributed by atoms with E-state index in [4.69, 9.17) is 4.98 Å². The Kier molecular flexibility index (Phi) is 4.05. The molecule has 0 unspecified atom stereocenters. The van der Waals surface area contributed by atoms with Crippen molar-refractivity contribution in [2.75, 3.05) is 31.1 Å². The van der Waals surface area contributed by atoms with Crippen LogP contribution in [0.2, 0.25) is 0 Å². The summed E-state index contributed by atoms with van der Waals surface area (Å²) in [5.74, 6) is 0. The average molecular weight is 366 g/mol. The van der Waals surface area contributed by atoms with Crippen LogP contribution in [0.3, 0.4) is 0 Å². The Morgan fingerprint density at radius 1 is 1.08 bits per heavy atom. The van der Waals surface area contributed by atoms with Crippen LogP contribution < -0.4 is 4.90 Å². The van der Waals surface area contributed by atoms with Crippen LogP contribution in [0.4, 0.5) is 5.13 Å². The molecule has 1 saturated heterocycles. The fraction of sp³-hybridized carbons (Fsp3) is 0.588. The van der Waals surface area contributed by atoms with E-state index in [9.17, 15) is 8.42 Å². The van der Waals surface area contributed by atoms with Gasteiger partial charge in [-0.25, -0.2) is 13.4 Å². The second kappa shape index (κ2) is 5.97. The SMILES string of the molecule is Cc1ccc(C)c2sc(N3CCCN(S(=O)(=O)C4CC4)CC3)nc12. The average Bonchev–Trinajstić information content (AvgIpc) is 3.35. The lowest BCUT2D eigenvalue weighted by Gasteiger charge is -2.21. The van der Waals surface area contributed by atoms with E-state index in [0.717, 1.165) is 43.0 Å². The highest BCUT2D eigenvalue weighted by atomic mass is 32.2. The lowest BCUT2D eigenvalue weighted by Crippen LogP contribution is -2.37. The minimum atomic E-state index is -3.07. The van der Waals surface area contributed by atoms with Crippen LogP contribution in [-0.4, -0.2) is 49.1 Å². The largest absolute Gasteiger partial charge is 0.347 e. The molecule has 0 atom stereocenters. The van der Waals surface area contributed by atoms with Crippen molar-refractivity contribution in [1.82, 2.24) is 9.29 Å². The number of rotatable bonds is 3. The van der Waals surface area contributed by atoms with E-state index in [1.165, 1.54) is 15.8 Å². The van der Waals surface area contributed by atoms with E-state index in [-0.39, 0.29) is 5.25 Å². The summed E-state index contributed by atoms with van der Waals surface area (Å²) in [6.07, 6.45) is 2.53. The minimum Gasteiger partial charge on any atom is -0.347 e. The Morgan fingerprint density at radius 2 is 1.83 bits per heavy atom. The number of benzene rings is 1. The summed E-state index contributed by atoms with van der Waals surface area (Å²) < 4.78 is 27.9. The van der Waals surface area contributed by atoms with E-state index in [0.29, 0.717) is 13.1 Å². The third kappa shape index (κ3) is 2.82.